The molecule has 0 aliphatic rings. The zero-order valence-corrected chi connectivity index (χ0v) is 14.7. The van der Waals surface area contributed by atoms with Crippen LogP contribution in [0.15, 0.2) is 48.8 Å². The Morgan fingerprint density at radius 2 is 2.04 bits per heavy atom. The Balaban J connectivity index is 2.11. The number of carbonyl (C=O) groups is 1. The molecule has 0 unspecified atom stereocenters. The minimum absolute atomic E-state index is 0.244. The van der Waals surface area contributed by atoms with Crippen molar-refractivity contribution in [3.8, 4) is 16.9 Å². The molecule has 0 spiro atoms. The Morgan fingerprint density at radius 3 is 2.72 bits per heavy atom. The van der Waals surface area contributed by atoms with Gasteiger partial charge in [0.05, 0.1) is 10.7 Å². The highest BCUT2D eigenvalue weighted by atomic mass is 35.5. The van der Waals surface area contributed by atoms with Gasteiger partial charge in [-0.05, 0) is 30.2 Å². The van der Waals surface area contributed by atoms with Crippen molar-refractivity contribution in [2.24, 2.45) is 5.92 Å². The molecule has 0 saturated heterocycles. The van der Waals surface area contributed by atoms with E-state index in [0.29, 0.717) is 28.9 Å². The van der Waals surface area contributed by atoms with Crippen LogP contribution in [0.25, 0.3) is 16.9 Å². The number of aromatic nitrogens is 4. The maximum absolute atomic E-state index is 12.6. The third-order valence-electron chi connectivity index (χ3n) is 3.57. The van der Waals surface area contributed by atoms with Crippen molar-refractivity contribution in [2.75, 3.05) is 6.54 Å². The lowest BCUT2D eigenvalue weighted by molar-refractivity contribution is 0.0944. The molecule has 0 aliphatic carbocycles. The van der Waals surface area contributed by atoms with Gasteiger partial charge in [-0.2, -0.15) is 0 Å². The second kappa shape index (κ2) is 7.44. The van der Waals surface area contributed by atoms with Crippen molar-refractivity contribution >= 4 is 17.5 Å². The van der Waals surface area contributed by atoms with Crippen molar-refractivity contribution in [1.82, 2.24) is 25.3 Å². The fraction of sp³-hybridized carbons (Fsp3) is 0.222. The van der Waals surface area contributed by atoms with Gasteiger partial charge in [0.1, 0.15) is 5.69 Å². The number of amides is 1. The van der Waals surface area contributed by atoms with Gasteiger partial charge in [-0.25, -0.2) is 4.68 Å². The average Bonchev–Trinajstić information content (AvgIpc) is 3.05. The summed E-state index contributed by atoms with van der Waals surface area (Å²) in [5, 5.41) is 11.7. The van der Waals surface area contributed by atoms with E-state index in [1.807, 2.05) is 38.1 Å². The van der Waals surface area contributed by atoms with E-state index in [9.17, 15) is 4.79 Å². The summed E-state index contributed by atoms with van der Waals surface area (Å²) in [7, 11) is 0. The summed E-state index contributed by atoms with van der Waals surface area (Å²) >= 11 is 6.30. The summed E-state index contributed by atoms with van der Waals surface area (Å²) in [5.41, 5.74) is 2.19. The van der Waals surface area contributed by atoms with E-state index in [1.165, 1.54) is 0 Å². The molecule has 0 fully saturated rings. The van der Waals surface area contributed by atoms with E-state index in [-0.39, 0.29) is 11.6 Å². The van der Waals surface area contributed by atoms with Crippen molar-refractivity contribution in [1.29, 1.82) is 0 Å². The maximum atomic E-state index is 12.6. The first kappa shape index (κ1) is 17.1. The number of para-hydroxylation sites is 1. The fourth-order valence-corrected chi connectivity index (χ4v) is 2.59. The van der Waals surface area contributed by atoms with E-state index in [1.54, 1.807) is 29.2 Å². The van der Waals surface area contributed by atoms with Gasteiger partial charge in [0.25, 0.3) is 5.91 Å². The van der Waals surface area contributed by atoms with Gasteiger partial charge < -0.3 is 5.32 Å². The maximum Gasteiger partial charge on any atom is 0.274 e. The molecule has 7 heteroatoms. The molecule has 0 radical (unpaired) electrons. The molecule has 6 nitrogen and oxygen atoms in total. The number of halogens is 1. The molecule has 0 atom stereocenters. The fourth-order valence-electron chi connectivity index (χ4n) is 2.37. The molecular weight excluding hydrogens is 338 g/mol. The zero-order chi connectivity index (χ0) is 17.8. The molecule has 128 valence electrons. The minimum Gasteiger partial charge on any atom is -0.350 e. The zero-order valence-electron chi connectivity index (χ0n) is 14.0. The topological polar surface area (TPSA) is 72.7 Å². The van der Waals surface area contributed by atoms with Crippen molar-refractivity contribution in [3.05, 3.63) is 59.5 Å². The van der Waals surface area contributed by atoms with Crippen LogP contribution in [0, 0.1) is 5.92 Å². The van der Waals surface area contributed by atoms with E-state index in [0.717, 1.165) is 5.56 Å². The lowest BCUT2D eigenvalue weighted by Crippen LogP contribution is -2.28. The second-order valence-corrected chi connectivity index (χ2v) is 6.40. The first-order chi connectivity index (χ1) is 12.1. The molecule has 25 heavy (non-hydrogen) atoms. The molecule has 0 saturated carbocycles. The highest BCUT2D eigenvalue weighted by Crippen LogP contribution is 2.28. The second-order valence-electron chi connectivity index (χ2n) is 6.00. The highest BCUT2D eigenvalue weighted by molar-refractivity contribution is 6.32. The van der Waals surface area contributed by atoms with Gasteiger partial charge in [-0.1, -0.05) is 42.8 Å². The molecule has 1 aromatic carbocycles. The normalized spacial score (nSPS) is 10.9. The first-order valence-electron chi connectivity index (χ1n) is 7.97. The summed E-state index contributed by atoms with van der Waals surface area (Å²) in [6.45, 7) is 4.62. The Labute approximate surface area is 150 Å². The summed E-state index contributed by atoms with van der Waals surface area (Å²) in [6.07, 6.45) is 3.34. The number of carbonyl (C=O) groups excluding carboxylic acids is 1. The largest absolute Gasteiger partial charge is 0.350 e. The number of nitrogens with one attached hydrogen (secondary N) is 1. The van der Waals surface area contributed by atoms with Crippen LogP contribution in [0.1, 0.15) is 24.3 Å². The predicted octanol–water partition coefficient (Wildman–Crippen LogP) is 3.37. The van der Waals surface area contributed by atoms with Crippen molar-refractivity contribution < 1.29 is 4.79 Å². The Hall–Kier alpha value is -2.73. The van der Waals surface area contributed by atoms with Crippen LogP contribution in [0.2, 0.25) is 5.02 Å². The number of benzene rings is 1. The monoisotopic (exact) mass is 355 g/mol. The standard InChI is InChI=1S/C18H18ClN5O/c1-12(2)10-21-18(25)16-17(13-6-5-9-20-11-13)24(23-22-16)15-8-4-3-7-14(15)19/h3-9,11-12H,10H2,1-2H3,(H,21,25). The van der Waals surface area contributed by atoms with Gasteiger partial charge in [0.2, 0.25) is 0 Å². The molecule has 1 amide bonds. The number of hydrogen-bond donors (Lipinski definition) is 1. The molecule has 2 aromatic heterocycles. The number of pyridine rings is 1. The van der Waals surface area contributed by atoms with Gasteiger partial charge in [0.15, 0.2) is 5.69 Å². The van der Waals surface area contributed by atoms with E-state index in [4.69, 9.17) is 11.6 Å². The third-order valence-corrected chi connectivity index (χ3v) is 3.89. The summed E-state index contributed by atoms with van der Waals surface area (Å²) < 4.78 is 1.57. The molecule has 2 heterocycles. The summed E-state index contributed by atoms with van der Waals surface area (Å²) in [5.74, 6) is 0.0651. The summed E-state index contributed by atoms with van der Waals surface area (Å²) in [4.78, 5) is 16.7. The minimum atomic E-state index is -0.272. The van der Waals surface area contributed by atoms with E-state index < -0.39 is 0 Å². The van der Waals surface area contributed by atoms with E-state index in [2.05, 4.69) is 20.6 Å². The first-order valence-corrected chi connectivity index (χ1v) is 8.35. The van der Waals surface area contributed by atoms with Crippen LogP contribution in [-0.4, -0.2) is 32.4 Å². The lowest BCUT2D eigenvalue weighted by atomic mass is 10.1. The van der Waals surface area contributed by atoms with Crippen molar-refractivity contribution in [3.63, 3.8) is 0 Å². The van der Waals surface area contributed by atoms with Crippen LogP contribution < -0.4 is 5.32 Å². The highest BCUT2D eigenvalue weighted by Gasteiger charge is 2.23. The molecule has 1 N–H and O–H groups in total. The van der Waals surface area contributed by atoms with Crippen LogP contribution in [0.4, 0.5) is 0 Å². The SMILES string of the molecule is CC(C)CNC(=O)c1nnn(-c2ccccc2Cl)c1-c1cccnc1. The predicted molar refractivity (Wildman–Crippen MR) is 96.8 cm³/mol. The quantitative estimate of drug-likeness (QED) is 0.761. The average molecular weight is 356 g/mol. The van der Waals surface area contributed by atoms with Crippen LogP contribution >= 0.6 is 11.6 Å². The van der Waals surface area contributed by atoms with Crippen molar-refractivity contribution in [2.45, 2.75) is 13.8 Å². The van der Waals surface area contributed by atoms with E-state index >= 15 is 0 Å². The van der Waals surface area contributed by atoms with Crippen LogP contribution in [0.5, 0.6) is 0 Å². The molecule has 3 rings (SSSR count). The Morgan fingerprint density at radius 1 is 1.24 bits per heavy atom. The molecule has 3 aromatic rings. The molecule has 0 bridgehead atoms. The Bertz CT molecular complexity index is 876. The number of hydrogen-bond acceptors (Lipinski definition) is 4. The molecular formula is C18H18ClN5O. The number of rotatable bonds is 5. The third kappa shape index (κ3) is 3.69. The molecule has 0 aliphatic heterocycles. The Kier molecular flexibility index (Phi) is 5.09. The van der Waals surface area contributed by atoms with Gasteiger partial charge >= 0.3 is 0 Å². The van der Waals surface area contributed by atoms with Gasteiger partial charge in [0, 0.05) is 24.5 Å². The number of nitrogens with zero attached hydrogens (tertiary/aromatic N) is 4. The summed E-state index contributed by atoms with van der Waals surface area (Å²) in [6, 6.07) is 10.9. The van der Waals surface area contributed by atoms with Gasteiger partial charge in [-0.3, -0.25) is 9.78 Å². The lowest BCUT2D eigenvalue weighted by Gasteiger charge is -2.10. The smallest absolute Gasteiger partial charge is 0.274 e. The van der Waals surface area contributed by atoms with Crippen LogP contribution in [0.3, 0.4) is 0 Å². The van der Waals surface area contributed by atoms with Gasteiger partial charge in [-0.15, -0.1) is 5.10 Å². The van der Waals surface area contributed by atoms with Crippen LogP contribution in [-0.2, 0) is 0 Å².